The van der Waals surface area contributed by atoms with Gasteiger partial charge in [0.15, 0.2) is 0 Å². The van der Waals surface area contributed by atoms with Gasteiger partial charge in [0.2, 0.25) is 0 Å². The van der Waals surface area contributed by atoms with E-state index in [0.29, 0.717) is 5.56 Å². The van der Waals surface area contributed by atoms with Crippen LogP contribution in [-0.4, -0.2) is 34.8 Å². The molecule has 2 heterocycles. The summed E-state index contributed by atoms with van der Waals surface area (Å²) >= 11 is 3.43. The normalized spacial score (nSPS) is 17.3. The summed E-state index contributed by atoms with van der Waals surface area (Å²) in [5, 5.41) is 10.5. The van der Waals surface area contributed by atoms with Crippen LogP contribution >= 0.6 is 28.3 Å². The van der Waals surface area contributed by atoms with E-state index < -0.39 is 0 Å². The molecule has 1 aliphatic heterocycles. The maximum absolute atomic E-state index is 12.1. The summed E-state index contributed by atoms with van der Waals surface area (Å²) in [5.41, 5.74) is 1.50. The third-order valence-electron chi connectivity index (χ3n) is 3.31. The fraction of sp³-hybridized carbons (Fsp3) is 0.286. The molecule has 3 rings (SSSR count). The molecule has 0 radical (unpaired) electrons. The van der Waals surface area contributed by atoms with Gasteiger partial charge in [0.25, 0.3) is 5.91 Å². The molecule has 2 aromatic rings. The Morgan fingerprint density at radius 1 is 1.48 bits per heavy atom. The Bertz CT molecular complexity index is 625. The van der Waals surface area contributed by atoms with Crippen molar-refractivity contribution < 1.29 is 4.79 Å². The molecular weight excluding hydrogens is 356 g/mol. The van der Waals surface area contributed by atoms with E-state index in [1.54, 1.807) is 17.1 Å². The highest BCUT2D eigenvalue weighted by molar-refractivity contribution is 9.10. The number of hydrogen-bond acceptors (Lipinski definition) is 3. The Morgan fingerprint density at radius 3 is 3.05 bits per heavy atom. The van der Waals surface area contributed by atoms with Crippen LogP contribution in [0.1, 0.15) is 16.8 Å². The summed E-state index contributed by atoms with van der Waals surface area (Å²) in [5.74, 6) is -0.0695. The summed E-state index contributed by atoms with van der Waals surface area (Å²) in [6.45, 7) is 1.80. The minimum atomic E-state index is -0.0695. The van der Waals surface area contributed by atoms with Crippen molar-refractivity contribution in [3.05, 3.63) is 46.7 Å². The second-order valence-electron chi connectivity index (χ2n) is 4.82. The lowest BCUT2D eigenvalue weighted by Gasteiger charge is -2.09. The Kier molecular flexibility index (Phi) is 5.39. The van der Waals surface area contributed by atoms with Crippen molar-refractivity contribution in [2.75, 3.05) is 13.1 Å². The monoisotopic (exact) mass is 370 g/mol. The zero-order valence-electron chi connectivity index (χ0n) is 11.3. The summed E-state index contributed by atoms with van der Waals surface area (Å²) in [4.78, 5) is 12.1. The Balaban J connectivity index is 0.00000161. The predicted octanol–water partition coefficient (Wildman–Crippen LogP) is 2.15. The van der Waals surface area contributed by atoms with Crippen LogP contribution in [-0.2, 0) is 0 Å². The summed E-state index contributed by atoms with van der Waals surface area (Å²) in [7, 11) is 0. The topological polar surface area (TPSA) is 59.0 Å². The van der Waals surface area contributed by atoms with Gasteiger partial charge in [-0.2, -0.15) is 5.10 Å². The van der Waals surface area contributed by atoms with Crippen LogP contribution in [0.5, 0.6) is 0 Å². The van der Waals surface area contributed by atoms with E-state index in [4.69, 9.17) is 0 Å². The molecule has 21 heavy (non-hydrogen) atoms. The van der Waals surface area contributed by atoms with Crippen LogP contribution in [0.15, 0.2) is 41.1 Å². The molecule has 1 amide bonds. The molecule has 7 heteroatoms. The molecule has 1 aromatic heterocycles. The molecule has 0 aliphatic carbocycles. The van der Waals surface area contributed by atoms with Crippen molar-refractivity contribution >= 4 is 34.2 Å². The van der Waals surface area contributed by atoms with Crippen molar-refractivity contribution in [1.82, 2.24) is 20.4 Å². The SMILES string of the molecule is Cl.O=C(NC1CCNC1)c1cnn(-c2cccc(Br)c2)c1. The van der Waals surface area contributed by atoms with E-state index in [-0.39, 0.29) is 24.4 Å². The molecule has 1 aliphatic rings. The lowest BCUT2D eigenvalue weighted by molar-refractivity contribution is 0.0940. The van der Waals surface area contributed by atoms with Gasteiger partial charge in [-0.15, -0.1) is 12.4 Å². The average Bonchev–Trinajstić information content (AvgIpc) is 3.09. The number of hydrogen-bond donors (Lipinski definition) is 2. The van der Waals surface area contributed by atoms with Gasteiger partial charge in [0.1, 0.15) is 0 Å². The zero-order valence-corrected chi connectivity index (χ0v) is 13.7. The van der Waals surface area contributed by atoms with Crippen molar-refractivity contribution in [2.24, 2.45) is 0 Å². The number of carbonyl (C=O) groups excluding carboxylic acids is 1. The Labute approximate surface area is 137 Å². The largest absolute Gasteiger partial charge is 0.348 e. The van der Waals surface area contributed by atoms with E-state index >= 15 is 0 Å². The fourth-order valence-electron chi connectivity index (χ4n) is 2.25. The van der Waals surface area contributed by atoms with E-state index in [2.05, 4.69) is 31.7 Å². The first-order chi connectivity index (χ1) is 9.72. The quantitative estimate of drug-likeness (QED) is 0.869. The Hall–Kier alpha value is -1.37. The Morgan fingerprint density at radius 2 is 2.33 bits per heavy atom. The van der Waals surface area contributed by atoms with Crippen molar-refractivity contribution in [3.8, 4) is 5.69 Å². The van der Waals surface area contributed by atoms with Gasteiger partial charge >= 0.3 is 0 Å². The molecule has 0 bridgehead atoms. The molecule has 0 saturated carbocycles. The zero-order chi connectivity index (χ0) is 13.9. The first-order valence-electron chi connectivity index (χ1n) is 6.54. The second-order valence-corrected chi connectivity index (χ2v) is 5.73. The first-order valence-corrected chi connectivity index (χ1v) is 7.34. The van der Waals surface area contributed by atoms with E-state index in [1.165, 1.54) is 0 Å². The lowest BCUT2D eigenvalue weighted by atomic mass is 10.2. The highest BCUT2D eigenvalue weighted by Crippen LogP contribution is 2.15. The van der Waals surface area contributed by atoms with Gasteiger partial charge in [0.05, 0.1) is 17.4 Å². The van der Waals surface area contributed by atoms with E-state index in [1.807, 2.05) is 24.3 Å². The van der Waals surface area contributed by atoms with Crippen molar-refractivity contribution in [3.63, 3.8) is 0 Å². The molecule has 1 saturated heterocycles. The van der Waals surface area contributed by atoms with Gasteiger partial charge in [-0.1, -0.05) is 22.0 Å². The minimum absolute atomic E-state index is 0. The molecule has 0 spiro atoms. The van der Waals surface area contributed by atoms with Crippen molar-refractivity contribution in [1.29, 1.82) is 0 Å². The standard InChI is InChI=1S/C14H15BrN4O.ClH/c15-11-2-1-3-13(6-11)19-9-10(7-17-19)14(20)18-12-4-5-16-8-12;/h1-3,6-7,9,12,16H,4-5,8H2,(H,18,20);1H. The van der Waals surface area contributed by atoms with Crippen molar-refractivity contribution in [2.45, 2.75) is 12.5 Å². The van der Waals surface area contributed by atoms with Crippen LogP contribution in [0.2, 0.25) is 0 Å². The number of amides is 1. The number of carbonyl (C=O) groups is 1. The smallest absolute Gasteiger partial charge is 0.254 e. The second kappa shape index (κ2) is 7.06. The van der Waals surface area contributed by atoms with Gasteiger partial charge in [-0.25, -0.2) is 4.68 Å². The van der Waals surface area contributed by atoms with Gasteiger partial charge in [0, 0.05) is 23.3 Å². The number of benzene rings is 1. The first kappa shape index (κ1) is 16.0. The third-order valence-corrected chi connectivity index (χ3v) is 3.81. The molecule has 5 nitrogen and oxygen atoms in total. The van der Waals surface area contributed by atoms with Crippen LogP contribution < -0.4 is 10.6 Å². The van der Waals surface area contributed by atoms with E-state index in [9.17, 15) is 4.79 Å². The lowest BCUT2D eigenvalue weighted by Crippen LogP contribution is -2.36. The molecule has 1 atom stereocenters. The van der Waals surface area contributed by atoms with Crippen LogP contribution in [0.25, 0.3) is 5.69 Å². The van der Waals surface area contributed by atoms with Crippen LogP contribution in [0.3, 0.4) is 0 Å². The number of nitrogens with one attached hydrogen (secondary N) is 2. The molecule has 1 unspecified atom stereocenters. The average molecular weight is 372 g/mol. The highest BCUT2D eigenvalue weighted by Gasteiger charge is 2.18. The van der Waals surface area contributed by atoms with Gasteiger partial charge in [-0.3, -0.25) is 4.79 Å². The number of halogens is 2. The van der Waals surface area contributed by atoms with Gasteiger partial charge < -0.3 is 10.6 Å². The summed E-state index contributed by atoms with van der Waals surface area (Å²) < 4.78 is 2.68. The molecule has 2 N–H and O–H groups in total. The maximum Gasteiger partial charge on any atom is 0.254 e. The van der Waals surface area contributed by atoms with Crippen LogP contribution in [0, 0.1) is 0 Å². The fourth-order valence-corrected chi connectivity index (χ4v) is 2.63. The maximum atomic E-state index is 12.1. The highest BCUT2D eigenvalue weighted by atomic mass is 79.9. The summed E-state index contributed by atoms with van der Waals surface area (Å²) in [6.07, 6.45) is 4.32. The molecular formula is C14H16BrClN4O. The molecule has 1 fully saturated rings. The van der Waals surface area contributed by atoms with Gasteiger partial charge in [-0.05, 0) is 31.2 Å². The summed E-state index contributed by atoms with van der Waals surface area (Å²) in [6, 6.07) is 8.01. The van der Waals surface area contributed by atoms with Crippen LogP contribution in [0.4, 0.5) is 0 Å². The van der Waals surface area contributed by atoms with E-state index in [0.717, 1.165) is 29.7 Å². The number of rotatable bonds is 3. The minimum Gasteiger partial charge on any atom is -0.348 e. The number of nitrogens with zero attached hydrogens (tertiary/aromatic N) is 2. The number of aromatic nitrogens is 2. The molecule has 112 valence electrons. The predicted molar refractivity (Wildman–Crippen MR) is 87.3 cm³/mol. The molecule has 1 aromatic carbocycles. The third kappa shape index (κ3) is 3.84.